The van der Waals surface area contributed by atoms with E-state index in [4.69, 9.17) is 4.52 Å². The Hall–Kier alpha value is -1.34. The molecule has 1 atom stereocenters. The number of rotatable bonds is 5. The van der Waals surface area contributed by atoms with E-state index in [-0.39, 0.29) is 0 Å². The standard InChI is InChI=1S/C13H15FN3O4P/c14-11-8-10-9(7-12(11)17(18)19)1-2-13(10)21-22(20,15-3-4-15)16-5-6-16/h7-8,13H,1-6H2. The van der Waals surface area contributed by atoms with Crippen LogP contribution >= 0.6 is 7.67 Å². The summed E-state index contributed by atoms with van der Waals surface area (Å²) in [6.07, 6.45) is 0.681. The van der Waals surface area contributed by atoms with E-state index in [1.54, 1.807) is 9.34 Å². The molecule has 7 nitrogen and oxygen atoms in total. The summed E-state index contributed by atoms with van der Waals surface area (Å²) >= 11 is 0. The van der Waals surface area contributed by atoms with Gasteiger partial charge in [-0.2, -0.15) is 4.39 Å². The molecule has 4 rings (SSSR count). The molecular weight excluding hydrogens is 312 g/mol. The molecule has 0 aromatic heterocycles. The van der Waals surface area contributed by atoms with E-state index in [2.05, 4.69) is 0 Å². The first-order valence-corrected chi connectivity index (χ1v) is 8.78. The van der Waals surface area contributed by atoms with Gasteiger partial charge in [-0.05, 0) is 30.0 Å². The van der Waals surface area contributed by atoms with E-state index in [1.165, 1.54) is 12.1 Å². The van der Waals surface area contributed by atoms with Crippen molar-refractivity contribution in [2.45, 2.75) is 18.9 Å². The number of fused-ring (bicyclic) bond motifs is 1. The van der Waals surface area contributed by atoms with Gasteiger partial charge in [0.05, 0.1) is 11.0 Å². The highest BCUT2D eigenvalue weighted by Crippen LogP contribution is 2.64. The summed E-state index contributed by atoms with van der Waals surface area (Å²) in [5, 5.41) is 10.8. The van der Waals surface area contributed by atoms with Crippen LogP contribution in [-0.2, 0) is 15.5 Å². The summed E-state index contributed by atoms with van der Waals surface area (Å²) in [4.78, 5) is 10.1. The van der Waals surface area contributed by atoms with Gasteiger partial charge in [0, 0.05) is 32.2 Å². The minimum atomic E-state index is -2.98. The van der Waals surface area contributed by atoms with Crippen LogP contribution in [0.2, 0.25) is 0 Å². The molecule has 0 spiro atoms. The highest BCUT2D eigenvalue weighted by molar-refractivity contribution is 7.54. The fourth-order valence-electron chi connectivity index (χ4n) is 2.90. The number of benzene rings is 1. The molecular formula is C13H15FN3O4P. The van der Waals surface area contributed by atoms with Crippen molar-refractivity contribution in [3.63, 3.8) is 0 Å². The zero-order valence-electron chi connectivity index (χ0n) is 11.8. The molecule has 118 valence electrons. The predicted molar refractivity (Wildman–Crippen MR) is 76.0 cm³/mol. The van der Waals surface area contributed by atoms with E-state index in [1.807, 2.05) is 0 Å². The lowest BCUT2D eigenvalue weighted by atomic mass is 10.1. The van der Waals surface area contributed by atoms with Gasteiger partial charge >= 0.3 is 13.4 Å². The van der Waals surface area contributed by atoms with Crippen LogP contribution < -0.4 is 0 Å². The van der Waals surface area contributed by atoms with Crippen molar-refractivity contribution in [3.05, 3.63) is 39.2 Å². The zero-order valence-corrected chi connectivity index (χ0v) is 12.7. The average Bonchev–Trinajstić information content (AvgIpc) is 3.36. The molecule has 0 amide bonds. The number of nitrogens with zero attached hydrogens (tertiary/aromatic N) is 3. The molecule has 3 aliphatic rings. The van der Waals surface area contributed by atoms with Crippen molar-refractivity contribution in [1.29, 1.82) is 0 Å². The first-order valence-electron chi connectivity index (χ1n) is 7.25. The highest BCUT2D eigenvalue weighted by atomic mass is 31.2. The molecule has 2 heterocycles. The number of halogens is 1. The summed E-state index contributed by atoms with van der Waals surface area (Å²) < 4.78 is 36.4. The van der Waals surface area contributed by atoms with Crippen LogP contribution in [0.5, 0.6) is 0 Å². The third kappa shape index (κ3) is 2.27. The van der Waals surface area contributed by atoms with Crippen LogP contribution in [-0.4, -0.2) is 40.4 Å². The van der Waals surface area contributed by atoms with Crippen LogP contribution in [0.1, 0.15) is 23.7 Å². The molecule has 2 saturated heterocycles. The molecule has 9 heteroatoms. The van der Waals surface area contributed by atoms with Crippen LogP contribution in [0, 0.1) is 15.9 Å². The first kappa shape index (κ1) is 14.3. The minimum Gasteiger partial charge on any atom is -0.298 e. The van der Waals surface area contributed by atoms with Gasteiger partial charge in [0.2, 0.25) is 5.82 Å². The normalized spacial score (nSPS) is 24.3. The Morgan fingerprint density at radius 2 is 1.91 bits per heavy atom. The Morgan fingerprint density at radius 1 is 1.27 bits per heavy atom. The second-order valence-electron chi connectivity index (χ2n) is 5.79. The molecule has 2 aliphatic heterocycles. The summed E-state index contributed by atoms with van der Waals surface area (Å²) in [7, 11) is -2.98. The van der Waals surface area contributed by atoms with Crippen LogP contribution in [0.25, 0.3) is 0 Å². The highest BCUT2D eigenvalue weighted by Gasteiger charge is 2.51. The number of nitro benzene ring substituents is 1. The number of aryl methyl sites for hydroxylation is 1. The van der Waals surface area contributed by atoms with Gasteiger partial charge < -0.3 is 0 Å². The summed E-state index contributed by atoms with van der Waals surface area (Å²) in [5.41, 5.74) is 0.785. The predicted octanol–water partition coefficient (Wildman–Crippen LogP) is 2.48. The number of hydrogen-bond acceptors (Lipinski definition) is 4. The minimum absolute atomic E-state index is 0.461. The average molecular weight is 327 g/mol. The molecule has 2 fully saturated rings. The molecule has 1 aromatic rings. The smallest absolute Gasteiger partial charge is 0.298 e. The SMILES string of the molecule is O=[N+]([O-])c1cc2c(cc1F)C(OP(=O)(N1CC1)N1CC1)CC2. The maximum Gasteiger partial charge on any atom is 0.346 e. The maximum absolute atomic E-state index is 13.9. The quantitative estimate of drug-likeness (QED) is 0.358. The number of hydrogen-bond donors (Lipinski definition) is 0. The van der Waals surface area contributed by atoms with Gasteiger partial charge in [0.25, 0.3) is 0 Å². The second-order valence-corrected chi connectivity index (χ2v) is 8.11. The van der Waals surface area contributed by atoms with Crippen LogP contribution in [0.15, 0.2) is 12.1 Å². The van der Waals surface area contributed by atoms with E-state index in [9.17, 15) is 19.1 Å². The lowest BCUT2D eigenvalue weighted by Crippen LogP contribution is -2.11. The van der Waals surface area contributed by atoms with Gasteiger partial charge in [-0.1, -0.05) is 0 Å². The Bertz CT molecular complexity index is 689. The molecule has 1 aliphatic carbocycles. The monoisotopic (exact) mass is 327 g/mol. The van der Waals surface area contributed by atoms with Crippen molar-refractivity contribution in [2.24, 2.45) is 0 Å². The Labute approximate surface area is 126 Å². The topological polar surface area (TPSA) is 75.5 Å². The number of nitro groups is 1. The molecule has 1 unspecified atom stereocenters. The Morgan fingerprint density at radius 3 is 2.45 bits per heavy atom. The van der Waals surface area contributed by atoms with E-state index in [0.29, 0.717) is 24.0 Å². The molecule has 1 aromatic carbocycles. The van der Waals surface area contributed by atoms with E-state index < -0.39 is 30.2 Å². The van der Waals surface area contributed by atoms with Crippen LogP contribution in [0.3, 0.4) is 0 Å². The molecule has 0 bridgehead atoms. The molecule has 22 heavy (non-hydrogen) atoms. The zero-order chi connectivity index (χ0) is 15.5. The maximum atomic E-state index is 13.9. The lowest BCUT2D eigenvalue weighted by Gasteiger charge is -2.24. The van der Waals surface area contributed by atoms with Gasteiger partial charge in [-0.15, -0.1) is 0 Å². The molecule has 0 radical (unpaired) electrons. The summed E-state index contributed by atoms with van der Waals surface area (Å²) in [6, 6.07) is 2.44. The molecule has 0 saturated carbocycles. The largest absolute Gasteiger partial charge is 0.346 e. The van der Waals surface area contributed by atoms with Gasteiger partial charge in [0.1, 0.15) is 0 Å². The lowest BCUT2D eigenvalue weighted by molar-refractivity contribution is -0.387. The van der Waals surface area contributed by atoms with Crippen molar-refractivity contribution in [1.82, 2.24) is 9.34 Å². The third-order valence-corrected chi connectivity index (χ3v) is 7.01. The van der Waals surface area contributed by atoms with Gasteiger partial charge in [-0.3, -0.25) is 19.2 Å². The molecule has 0 N–H and O–H groups in total. The fourth-order valence-corrected chi connectivity index (χ4v) is 5.27. The second kappa shape index (κ2) is 4.83. The fraction of sp³-hybridized carbons (Fsp3) is 0.538. The van der Waals surface area contributed by atoms with Gasteiger partial charge in [-0.25, -0.2) is 9.34 Å². The van der Waals surface area contributed by atoms with Crippen LogP contribution in [0.4, 0.5) is 10.1 Å². The van der Waals surface area contributed by atoms with E-state index in [0.717, 1.165) is 26.2 Å². The Balaban J connectivity index is 1.63. The van der Waals surface area contributed by atoms with Crippen molar-refractivity contribution in [2.75, 3.05) is 26.2 Å². The summed E-state index contributed by atoms with van der Waals surface area (Å²) in [5.74, 6) is -0.868. The van der Waals surface area contributed by atoms with Crippen molar-refractivity contribution < 1.29 is 18.4 Å². The summed E-state index contributed by atoms with van der Waals surface area (Å²) in [6.45, 7) is 3.01. The van der Waals surface area contributed by atoms with Gasteiger partial charge in [0.15, 0.2) is 0 Å². The first-order chi connectivity index (χ1) is 10.5. The van der Waals surface area contributed by atoms with Crippen molar-refractivity contribution >= 4 is 13.4 Å². The van der Waals surface area contributed by atoms with E-state index >= 15 is 0 Å². The Kier molecular flexibility index (Phi) is 3.13. The van der Waals surface area contributed by atoms with Crippen molar-refractivity contribution in [3.8, 4) is 0 Å². The third-order valence-electron chi connectivity index (χ3n) is 4.25.